The monoisotopic (exact) mass is 443 g/mol. The molecule has 3 heterocycles. The number of methoxy groups -OCH3 is 1. The van der Waals surface area contributed by atoms with Gasteiger partial charge in [0.2, 0.25) is 0 Å². The summed E-state index contributed by atoms with van der Waals surface area (Å²) >= 11 is 7.67. The number of ether oxygens (including phenoxy) is 1. The van der Waals surface area contributed by atoms with E-state index in [4.69, 9.17) is 21.4 Å². The number of rotatable bonds is 6. The Hall–Kier alpha value is -2.15. The maximum atomic E-state index is 13.4. The van der Waals surface area contributed by atoms with Gasteiger partial charge >= 0.3 is 0 Å². The summed E-state index contributed by atoms with van der Waals surface area (Å²) in [5, 5.41) is 8.30. The van der Waals surface area contributed by atoms with Gasteiger partial charge in [-0.25, -0.2) is 4.68 Å². The molecule has 0 radical (unpaired) electrons. The molecule has 7 heteroatoms. The lowest BCUT2D eigenvalue weighted by molar-refractivity contribution is 0.0937. The van der Waals surface area contributed by atoms with E-state index in [2.05, 4.69) is 18.3 Å². The van der Waals surface area contributed by atoms with Gasteiger partial charge in [-0.2, -0.15) is 5.10 Å². The lowest BCUT2D eigenvalue weighted by Crippen LogP contribution is -2.41. The van der Waals surface area contributed by atoms with Crippen LogP contribution in [0.3, 0.4) is 0 Å². The fourth-order valence-corrected chi connectivity index (χ4v) is 5.10. The summed E-state index contributed by atoms with van der Waals surface area (Å²) in [6.07, 6.45) is 3.69. The predicted octanol–water partition coefficient (Wildman–Crippen LogP) is 4.72. The van der Waals surface area contributed by atoms with E-state index >= 15 is 0 Å². The van der Waals surface area contributed by atoms with Crippen molar-refractivity contribution in [3.05, 3.63) is 68.6 Å². The van der Waals surface area contributed by atoms with Crippen LogP contribution < -0.4 is 10.1 Å². The average molecular weight is 444 g/mol. The van der Waals surface area contributed by atoms with Crippen molar-refractivity contribution in [1.29, 1.82) is 0 Å². The molecular formula is C23H26ClN3O2S. The van der Waals surface area contributed by atoms with E-state index in [1.54, 1.807) is 35.3 Å². The molecule has 1 aliphatic heterocycles. The Morgan fingerprint density at radius 3 is 2.83 bits per heavy atom. The Labute approximate surface area is 186 Å². The average Bonchev–Trinajstić information content (AvgIpc) is 3.38. The standard InChI is InChI=1S/C23H26ClN3O2S/c1-23(12-5-13-25-15-23)20-14-16(8-9-17-10-11-21(24)30-17)27(26-20)22(28)18-6-3-4-7-19(18)29-2/h3-4,6-7,10-11,14,25H,5,8-9,12-13,15H2,1-2H3. The Balaban J connectivity index is 1.70. The number of hydrogen-bond donors (Lipinski definition) is 1. The van der Waals surface area contributed by atoms with Gasteiger partial charge in [0.15, 0.2) is 0 Å². The maximum absolute atomic E-state index is 13.4. The first-order valence-electron chi connectivity index (χ1n) is 10.2. The molecule has 5 nitrogen and oxygen atoms in total. The van der Waals surface area contributed by atoms with Gasteiger partial charge in [0.05, 0.1) is 22.7 Å². The van der Waals surface area contributed by atoms with Gasteiger partial charge in [-0.1, -0.05) is 30.7 Å². The first-order chi connectivity index (χ1) is 14.5. The topological polar surface area (TPSA) is 56.2 Å². The number of thiophene rings is 1. The number of carbonyl (C=O) groups is 1. The molecule has 1 N–H and O–H groups in total. The van der Waals surface area contributed by atoms with Crippen molar-refractivity contribution in [2.45, 2.75) is 38.0 Å². The summed E-state index contributed by atoms with van der Waals surface area (Å²) in [6.45, 7) is 4.12. The fraction of sp³-hybridized carbons (Fsp3) is 0.391. The SMILES string of the molecule is COc1ccccc1C(=O)n1nc(C2(C)CCCNC2)cc1CCc1ccc(Cl)s1. The highest BCUT2D eigenvalue weighted by atomic mass is 35.5. The number of para-hydroxylation sites is 1. The van der Waals surface area contributed by atoms with E-state index in [-0.39, 0.29) is 11.3 Å². The number of carbonyl (C=O) groups excluding carboxylic acids is 1. The highest BCUT2D eigenvalue weighted by Gasteiger charge is 2.33. The zero-order chi connectivity index (χ0) is 21.1. The van der Waals surface area contributed by atoms with E-state index in [0.717, 1.165) is 48.1 Å². The van der Waals surface area contributed by atoms with Crippen LogP contribution in [0.15, 0.2) is 42.5 Å². The summed E-state index contributed by atoms with van der Waals surface area (Å²) < 4.78 is 7.77. The molecule has 1 atom stereocenters. The van der Waals surface area contributed by atoms with Crippen molar-refractivity contribution >= 4 is 28.8 Å². The van der Waals surface area contributed by atoms with Crippen molar-refractivity contribution in [2.75, 3.05) is 20.2 Å². The van der Waals surface area contributed by atoms with Gasteiger partial charge in [0.1, 0.15) is 5.75 Å². The largest absolute Gasteiger partial charge is 0.496 e. The van der Waals surface area contributed by atoms with Crippen molar-refractivity contribution in [3.63, 3.8) is 0 Å². The predicted molar refractivity (Wildman–Crippen MR) is 121 cm³/mol. The third-order valence-electron chi connectivity index (χ3n) is 5.78. The number of nitrogens with one attached hydrogen (secondary N) is 1. The van der Waals surface area contributed by atoms with Crippen molar-refractivity contribution < 1.29 is 9.53 Å². The molecule has 4 rings (SSSR count). The molecule has 1 saturated heterocycles. The van der Waals surface area contributed by atoms with Crippen LogP contribution in [0.25, 0.3) is 0 Å². The smallest absolute Gasteiger partial charge is 0.282 e. The number of nitrogens with zero attached hydrogens (tertiary/aromatic N) is 2. The molecule has 0 aliphatic carbocycles. The number of aryl methyl sites for hydroxylation is 2. The molecule has 1 unspecified atom stereocenters. The van der Waals surface area contributed by atoms with Crippen LogP contribution in [-0.2, 0) is 18.3 Å². The molecule has 2 aromatic heterocycles. The van der Waals surface area contributed by atoms with Crippen molar-refractivity contribution in [2.24, 2.45) is 0 Å². The van der Waals surface area contributed by atoms with Gasteiger partial charge in [0.25, 0.3) is 5.91 Å². The summed E-state index contributed by atoms with van der Waals surface area (Å²) in [5.74, 6) is 0.395. The normalized spacial score (nSPS) is 19.0. The summed E-state index contributed by atoms with van der Waals surface area (Å²) in [7, 11) is 1.58. The van der Waals surface area contributed by atoms with Crippen LogP contribution in [0.2, 0.25) is 4.34 Å². The van der Waals surface area contributed by atoms with Crippen molar-refractivity contribution in [1.82, 2.24) is 15.1 Å². The minimum atomic E-state index is -0.162. The van der Waals surface area contributed by atoms with Crippen LogP contribution in [0.1, 0.15) is 46.4 Å². The van der Waals surface area contributed by atoms with Gasteiger partial charge in [-0.05, 0) is 62.6 Å². The highest BCUT2D eigenvalue weighted by Crippen LogP contribution is 2.31. The Kier molecular flexibility index (Phi) is 6.27. The lowest BCUT2D eigenvalue weighted by Gasteiger charge is -2.32. The Morgan fingerprint density at radius 1 is 1.30 bits per heavy atom. The molecule has 1 fully saturated rings. The maximum Gasteiger partial charge on any atom is 0.282 e. The van der Waals surface area contributed by atoms with Crippen LogP contribution in [-0.4, -0.2) is 35.9 Å². The van der Waals surface area contributed by atoms with Crippen LogP contribution in [0, 0.1) is 0 Å². The quantitative estimate of drug-likeness (QED) is 0.598. The summed E-state index contributed by atoms with van der Waals surface area (Å²) in [6, 6.07) is 13.4. The number of benzene rings is 1. The Bertz CT molecular complexity index is 1040. The van der Waals surface area contributed by atoms with E-state index in [1.165, 1.54) is 4.88 Å². The second-order valence-electron chi connectivity index (χ2n) is 7.98. The number of hydrogen-bond acceptors (Lipinski definition) is 5. The zero-order valence-electron chi connectivity index (χ0n) is 17.3. The first-order valence-corrected chi connectivity index (χ1v) is 11.4. The number of piperidine rings is 1. The molecule has 0 saturated carbocycles. The van der Waals surface area contributed by atoms with Crippen molar-refractivity contribution in [3.8, 4) is 5.75 Å². The van der Waals surface area contributed by atoms with Gasteiger partial charge in [-0.15, -0.1) is 11.3 Å². The molecule has 3 aromatic rings. The van der Waals surface area contributed by atoms with E-state index in [9.17, 15) is 4.79 Å². The molecule has 1 aliphatic rings. The second kappa shape index (κ2) is 8.92. The molecular weight excluding hydrogens is 418 g/mol. The van der Waals surface area contributed by atoms with Crippen LogP contribution in [0.5, 0.6) is 5.75 Å². The second-order valence-corrected chi connectivity index (χ2v) is 9.78. The summed E-state index contributed by atoms with van der Waals surface area (Å²) in [5.41, 5.74) is 2.32. The summed E-state index contributed by atoms with van der Waals surface area (Å²) in [4.78, 5) is 14.6. The number of halogens is 1. The van der Waals surface area contributed by atoms with E-state index in [1.807, 2.05) is 24.3 Å². The van der Waals surface area contributed by atoms with Gasteiger partial charge in [-0.3, -0.25) is 4.79 Å². The lowest BCUT2D eigenvalue weighted by atomic mass is 9.80. The molecule has 0 amide bonds. The van der Waals surface area contributed by atoms with Gasteiger partial charge in [0, 0.05) is 22.5 Å². The third-order valence-corrected chi connectivity index (χ3v) is 7.08. The van der Waals surface area contributed by atoms with Crippen LogP contribution in [0.4, 0.5) is 0 Å². The molecule has 30 heavy (non-hydrogen) atoms. The zero-order valence-corrected chi connectivity index (χ0v) is 18.9. The molecule has 158 valence electrons. The van der Waals surface area contributed by atoms with E-state index < -0.39 is 0 Å². The highest BCUT2D eigenvalue weighted by molar-refractivity contribution is 7.16. The minimum absolute atomic E-state index is 0.0778. The third kappa shape index (κ3) is 4.31. The van der Waals surface area contributed by atoms with Gasteiger partial charge < -0.3 is 10.1 Å². The van der Waals surface area contributed by atoms with Crippen LogP contribution >= 0.6 is 22.9 Å². The minimum Gasteiger partial charge on any atom is -0.496 e. The molecule has 0 bridgehead atoms. The molecule has 1 aromatic carbocycles. The van der Waals surface area contributed by atoms with E-state index in [0.29, 0.717) is 17.7 Å². The Morgan fingerprint density at radius 2 is 2.13 bits per heavy atom. The number of aromatic nitrogens is 2. The fourth-order valence-electron chi connectivity index (χ4n) is 4.02. The first kappa shape index (κ1) is 21.1. The molecule has 0 spiro atoms.